The van der Waals surface area contributed by atoms with E-state index in [9.17, 15) is 20.4 Å². The highest BCUT2D eigenvalue weighted by Crippen LogP contribution is 2.47. The van der Waals surface area contributed by atoms with Crippen molar-refractivity contribution in [3.8, 4) is 0 Å². The number of aliphatic hydroxyl groups is 4. The number of allylic oxidation sites excluding steroid dienone is 2. The van der Waals surface area contributed by atoms with E-state index in [1.807, 2.05) is 123 Å². The van der Waals surface area contributed by atoms with Crippen molar-refractivity contribution in [2.24, 2.45) is 10.8 Å². The van der Waals surface area contributed by atoms with Crippen molar-refractivity contribution in [3.05, 3.63) is 166 Å². The maximum atomic E-state index is 10.8. The fraction of sp³-hybridized carbons (Fsp3) is 0.263. The van der Waals surface area contributed by atoms with Gasteiger partial charge in [-0.3, -0.25) is 0 Å². The van der Waals surface area contributed by atoms with Crippen molar-refractivity contribution in [1.82, 2.24) is 0 Å². The van der Waals surface area contributed by atoms with Crippen molar-refractivity contribution < 1.29 is 20.4 Å². The summed E-state index contributed by atoms with van der Waals surface area (Å²) in [7, 11) is 0. The van der Waals surface area contributed by atoms with Gasteiger partial charge in [0.05, 0.1) is 25.4 Å². The second kappa shape index (κ2) is 16.5. The Morgan fingerprint density at radius 2 is 0.841 bits per heavy atom. The van der Waals surface area contributed by atoms with Gasteiger partial charge in [-0.1, -0.05) is 143 Å². The van der Waals surface area contributed by atoms with Crippen LogP contribution < -0.4 is 0 Å². The average Bonchev–Trinajstić information content (AvgIpc) is 3.07. The maximum Gasteiger partial charge on any atom is 0.0874 e. The Labute approximate surface area is 278 Å². The second-order valence-electron chi connectivity index (χ2n) is 11.5. The Hall–Kier alpha value is -2.84. The quantitative estimate of drug-likeness (QED) is 0.110. The van der Waals surface area contributed by atoms with Crippen LogP contribution in [0, 0.1) is 10.8 Å². The van der Waals surface area contributed by atoms with E-state index in [-0.39, 0.29) is 25.0 Å². The summed E-state index contributed by atoms with van der Waals surface area (Å²) in [6.45, 7) is 11.3. The molecule has 0 aliphatic rings. The molecule has 0 heterocycles. The lowest BCUT2D eigenvalue weighted by atomic mass is 9.68. The molecule has 44 heavy (non-hydrogen) atoms. The van der Waals surface area contributed by atoms with Crippen LogP contribution in [0.1, 0.15) is 60.1 Å². The number of rotatable bonds is 12. The molecule has 4 aromatic rings. The van der Waals surface area contributed by atoms with Gasteiger partial charge < -0.3 is 20.4 Å². The normalized spacial score (nSPS) is 16.5. The van der Waals surface area contributed by atoms with Crippen LogP contribution in [0.25, 0.3) is 0 Å². The van der Waals surface area contributed by atoms with Gasteiger partial charge in [-0.2, -0.15) is 0 Å². The Kier molecular flexibility index (Phi) is 13.3. The van der Waals surface area contributed by atoms with Crippen molar-refractivity contribution in [2.75, 3.05) is 13.2 Å². The monoisotopic (exact) mass is 720 g/mol. The highest BCUT2D eigenvalue weighted by atomic mass is 79.9. The molecule has 6 atom stereocenters. The van der Waals surface area contributed by atoms with Gasteiger partial charge in [-0.05, 0) is 46.5 Å². The SMILES string of the molecule is C=C[C@@H](c1ccc(Br)cc1)[C@@](C)(CO)[C@H](O)c1ccccc1.C=C[C@@H](c1ccc(Br)cc1)[C@@](C)(CO)[C@H](O)c1ccccc1. The van der Waals surface area contributed by atoms with Gasteiger partial charge in [0.15, 0.2) is 0 Å². The zero-order valence-electron chi connectivity index (χ0n) is 25.2. The standard InChI is InChI=1S/2C19H21BrO2/c2*1-3-17(14-9-11-16(20)12-10-14)19(2,13-21)18(22)15-7-5-4-6-8-15/h2*3-12,17-18,21-22H,1,13H2,2H3/t2*17-,18+,19+/m00/s1. The molecule has 0 saturated carbocycles. The summed E-state index contributed by atoms with van der Waals surface area (Å²) in [5.41, 5.74) is 2.12. The molecular formula is C38H42Br2O4. The molecule has 0 aromatic heterocycles. The van der Waals surface area contributed by atoms with Crippen LogP contribution >= 0.6 is 31.9 Å². The molecule has 4 rings (SSSR count). The van der Waals surface area contributed by atoms with E-state index < -0.39 is 23.0 Å². The summed E-state index contributed by atoms with van der Waals surface area (Å²) in [5, 5.41) is 41.7. The minimum atomic E-state index is -0.787. The summed E-state index contributed by atoms with van der Waals surface area (Å²) in [5.74, 6) is -0.332. The average molecular weight is 723 g/mol. The van der Waals surface area contributed by atoms with Crippen LogP contribution in [-0.4, -0.2) is 33.6 Å². The fourth-order valence-electron chi connectivity index (χ4n) is 5.65. The van der Waals surface area contributed by atoms with E-state index >= 15 is 0 Å². The van der Waals surface area contributed by atoms with Crippen LogP contribution in [0.15, 0.2) is 143 Å². The van der Waals surface area contributed by atoms with Crippen LogP contribution in [-0.2, 0) is 0 Å². The molecule has 4 aromatic carbocycles. The minimum Gasteiger partial charge on any atom is -0.396 e. The van der Waals surface area contributed by atoms with Gasteiger partial charge in [-0.25, -0.2) is 0 Å². The molecule has 0 saturated heterocycles. The lowest BCUT2D eigenvalue weighted by molar-refractivity contribution is -0.0169. The summed E-state index contributed by atoms with van der Waals surface area (Å²) in [4.78, 5) is 0. The first kappa shape index (κ1) is 35.6. The van der Waals surface area contributed by atoms with Gasteiger partial charge in [0.1, 0.15) is 0 Å². The zero-order chi connectivity index (χ0) is 32.3. The molecule has 0 spiro atoms. The third-order valence-electron chi connectivity index (χ3n) is 8.51. The maximum absolute atomic E-state index is 10.8. The zero-order valence-corrected chi connectivity index (χ0v) is 28.4. The summed E-state index contributed by atoms with van der Waals surface area (Å²) >= 11 is 6.85. The van der Waals surface area contributed by atoms with Crippen molar-refractivity contribution in [1.29, 1.82) is 0 Å². The smallest absolute Gasteiger partial charge is 0.0874 e. The lowest BCUT2D eigenvalue weighted by Crippen LogP contribution is -2.35. The largest absolute Gasteiger partial charge is 0.396 e. The Morgan fingerprint density at radius 3 is 1.09 bits per heavy atom. The third-order valence-corrected chi connectivity index (χ3v) is 9.57. The molecule has 0 aliphatic heterocycles. The molecule has 4 N–H and O–H groups in total. The van der Waals surface area contributed by atoms with Gasteiger partial charge >= 0.3 is 0 Å². The first-order valence-corrected chi connectivity index (χ1v) is 16.1. The van der Waals surface area contributed by atoms with Gasteiger partial charge in [0.25, 0.3) is 0 Å². The molecule has 232 valence electrons. The predicted molar refractivity (Wildman–Crippen MR) is 187 cm³/mol. The van der Waals surface area contributed by atoms with E-state index in [0.717, 1.165) is 31.2 Å². The van der Waals surface area contributed by atoms with E-state index in [0.29, 0.717) is 0 Å². The molecule has 6 heteroatoms. The van der Waals surface area contributed by atoms with Gasteiger partial charge in [-0.15, -0.1) is 13.2 Å². The Bertz CT molecular complexity index is 1330. The summed E-state index contributed by atoms with van der Waals surface area (Å²) < 4.78 is 1.99. The van der Waals surface area contributed by atoms with Crippen LogP contribution in [0.5, 0.6) is 0 Å². The number of aliphatic hydroxyl groups excluding tert-OH is 4. The van der Waals surface area contributed by atoms with E-state index in [2.05, 4.69) is 45.0 Å². The van der Waals surface area contributed by atoms with Crippen molar-refractivity contribution >= 4 is 31.9 Å². The molecule has 0 bridgehead atoms. The molecule has 0 amide bonds. The van der Waals surface area contributed by atoms with E-state index in [1.54, 1.807) is 12.2 Å². The second-order valence-corrected chi connectivity index (χ2v) is 13.3. The fourth-order valence-corrected chi connectivity index (χ4v) is 6.18. The minimum absolute atomic E-state index is 0.143. The molecule has 0 unspecified atom stereocenters. The Morgan fingerprint density at radius 1 is 0.545 bits per heavy atom. The molecule has 0 fully saturated rings. The number of hydrogen-bond donors (Lipinski definition) is 4. The summed E-state index contributed by atoms with van der Waals surface area (Å²) in [6, 6.07) is 34.7. The molecule has 0 radical (unpaired) electrons. The van der Waals surface area contributed by atoms with E-state index in [1.165, 1.54) is 0 Å². The van der Waals surface area contributed by atoms with Crippen LogP contribution in [0.4, 0.5) is 0 Å². The third kappa shape index (κ3) is 8.25. The Balaban J connectivity index is 0.000000240. The van der Waals surface area contributed by atoms with E-state index in [4.69, 9.17) is 0 Å². The number of halogens is 2. The molecular weight excluding hydrogens is 680 g/mol. The number of benzene rings is 4. The van der Waals surface area contributed by atoms with Crippen LogP contribution in [0.3, 0.4) is 0 Å². The predicted octanol–water partition coefficient (Wildman–Crippen LogP) is 8.90. The highest BCUT2D eigenvalue weighted by molar-refractivity contribution is 9.10. The first-order chi connectivity index (χ1) is 21.0. The van der Waals surface area contributed by atoms with Crippen molar-refractivity contribution in [2.45, 2.75) is 37.9 Å². The lowest BCUT2D eigenvalue weighted by Gasteiger charge is -2.39. The molecule has 0 aliphatic carbocycles. The first-order valence-electron chi connectivity index (χ1n) is 14.5. The van der Waals surface area contributed by atoms with Gasteiger partial charge in [0, 0.05) is 31.6 Å². The van der Waals surface area contributed by atoms with Gasteiger partial charge in [0.2, 0.25) is 0 Å². The topological polar surface area (TPSA) is 80.9 Å². The highest BCUT2D eigenvalue weighted by Gasteiger charge is 2.41. The molecule has 4 nitrogen and oxygen atoms in total. The number of hydrogen-bond acceptors (Lipinski definition) is 4. The van der Waals surface area contributed by atoms with Crippen LogP contribution in [0.2, 0.25) is 0 Å². The summed E-state index contributed by atoms with van der Waals surface area (Å²) in [6.07, 6.45) is 2.02. The van der Waals surface area contributed by atoms with Crippen molar-refractivity contribution in [3.63, 3.8) is 0 Å².